The fourth-order valence-corrected chi connectivity index (χ4v) is 3.52. The van der Waals surface area contributed by atoms with Crippen LogP contribution in [0.4, 0.5) is 0 Å². The molecule has 0 bridgehead atoms. The summed E-state index contributed by atoms with van der Waals surface area (Å²) in [4.78, 5) is 17.0. The largest absolute Gasteiger partial charge is 0.355 e. The van der Waals surface area contributed by atoms with E-state index in [0.29, 0.717) is 12.3 Å². The van der Waals surface area contributed by atoms with Gasteiger partial charge in [-0.2, -0.15) is 0 Å². The molecule has 1 N–H and O–H groups in total. The lowest BCUT2D eigenvalue weighted by Gasteiger charge is -2.05. The minimum absolute atomic E-state index is 0.0364. The molecule has 1 aliphatic carbocycles. The number of amides is 1. The van der Waals surface area contributed by atoms with Crippen LogP contribution in [0.1, 0.15) is 17.9 Å². The highest BCUT2D eigenvalue weighted by atomic mass is 32.2. The van der Waals surface area contributed by atoms with E-state index in [4.69, 9.17) is 0 Å². The third-order valence-electron chi connectivity index (χ3n) is 3.83. The maximum Gasteiger partial charge on any atom is 0.223 e. The van der Waals surface area contributed by atoms with Crippen LogP contribution in [0.3, 0.4) is 0 Å². The molecule has 5 heteroatoms. The zero-order chi connectivity index (χ0) is 15.4. The maximum atomic E-state index is 12.1. The summed E-state index contributed by atoms with van der Waals surface area (Å²) in [6.45, 7) is 0.441. The fraction of sp³-hybridized carbons (Fsp3) is 0.294. The molecule has 0 aliphatic heterocycles. The standard InChI is InChI=1S/C17H18N2O2S/c20-17(16-11-15(16)13-5-4-8-18-12-13)19-9-10-22(21)14-6-2-1-3-7-14/h1-8,12,15-16H,9-11H2,(H,19,20)/t15-,16-,22-/m1/s1. The first-order chi connectivity index (χ1) is 10.8. The van der Waals surface area contributed by atoms with Gasteiger partial charge in [-0.05, 0) is 36.1 Å². The molecular weight excluding hydrogens is 296 g/mol. The van der Waals surface area contributed by atoms with Gasteiger partial charge in [-0.15, -0.1) is 0 Å². The van der Waals surface area contributed by atoms with E-state index in [2.05, 4.69) is 10.3 Å². The van der Waals surface area contributed by atoms with Crippen LogP contribution in [-0.2, 0) is 15.6 Å². The highest BCUT2D eigenvalue weighted by Crippen LogP contribution is 2.47. The molecule has 1 heterocycles. The van der Waals surface area contributed by atoms with E-state index in [9.17, 15) is 9.00 Å². The van der Waals surface area contributed by atoms with E-state index in [1.807, 2.05) is 48.7 Å². The van der Waals surface area contributed by atoms with Crippen LogP contribution in [-0.4, -0.2) is 27.4 Å². The molecule has 4 nitrogen and oxygen atoms in total. The summed E-state index contributed by atoms with van der Waals surface area (Å²) < 4.78 is 12.0. The fourth-order valence-electron chi connectivity index (χ4n) is 2.54. The molecule has 2 aromatic rings. The van der Waals surface area contributed by atoms with Gasteiger partial charge in [0, 0.05) is 35.5 Å². The molecule has 0 unspecified atom stereocenters. The Labute approximate surface area is 132 Å². The molecule has 3 atom stereocenters. The van der Waals surface area contributed by atoms with Crippen molar-refractivity contribution in [2.75, 3.05) is 12.3 Å². The van der Waals surface area contributed by atoms with Crippen molar-refractivity contribution in [3.8, 4) is 0 Å². The Morgan fingerprint density at radius 3 is 2.77 bits per heavy atom. The van der Waals surface area contributed by atoms with Gasteiger partial charge in [0.25, 0.3) is 0 Å². The van der Waals surface area contributed by atoms with Crippen LogP contribution < -0.4 is 5.32 Å². The van der Waals surface area contributed by atoms with E-state index < -0.39 is 10.8 Å². The van der Waals surface area contributed by atoms with Gasteiger partial charge >= 0.3 is 0 Å². The van der Waals surface area contributed by atoms with Gasteiger partial charge in [-0.25, -0.2) is 0 Å². The molecule has 3 rings (SSSR count). The summed E-state index contributed by atoms with van der Waals surface area (Å²) in [5, 5.41) is 2.89. The number of nitrogens with zero attached hydrogens (tertiary/aromatic N) is 1. The van der Waals surface area contributed by atoms with E-state index >= 15 is 0 Å². The average molecular weight is 314 g/mol. The van der Waals surface area contributed by atoms with Crippen LogP contribution in [0, 0.1) is 5.92 Å². The zero-order valence-electron chi connectivity index (χ0n) is 12.1. The van der Waals surface area contributed by atoms with Crippen molar-refractivity contribution in [3.63, 3.8) is 0 Å². The SMILES string of the molecule is O=C(NCC[S@@](=O)c1ccccc1)[C@@H]1C[C@@H]1c1cccnc1. The van der Waals surface area contributed by atoms with Crippen molar-refractivity contribution in [1.82, 2.24) is 10.3 Å². The maximum absolute atomic E-state index is 12.1. The minimum atomic E-state index is -1.06. The number of benzene rings is 1. The second kappa shape index (κ2) is 6.83. The summed E-state index contributed by atoms with van der Waals surface area (Å²) in [5.74, 6) is 0.821. The van der Waals surface area contributed by atoms with Crippen molar-refractivity contribution in [3.05, 3.63) is 60.4 Å². The monoisotopic (exact) mass is 314 g/mol. The number of hydrogen-bond donors (Lipinski definition) is 1. The second-order valence-electron chi connectivity index (χ2n) is 5.39. The Hall–Kier alpha value is -2.01. The van der Waals surface area contributed by atoms with Gasteiger partial charge in [0.05, 0.1) is 10.8 Å². The Bertz CT molecular complexity index is 661. The molecule has 22 heavy (non-hydrogen) atoms. The predicted octanol–water partition coefficient (Wildman–Crippen LogP) is 2.11. The third kappa shape index (κ3) is 3.60. The first kappa shape index (κ1) is 14.9. The Balaban J connectivity index is 1.43. The van der Waals surface area contributed by atoms with Crippen molar-refractivity contribution >= 4 is 16.7 Å². The molecule has 1 fully saturated rings. The van der Waals surface area contributed by atoms with Crippen molar-refractivity contribution in [2.24, 2.45) is 5.92 Å². The number of nitrogens with one attached hydrogen (secondary N) is 1. The van der Waals surface area contributed by atoms with Crippen LogP contribution >= 0.6 is 0 Å². The third-order valence-corrected chi connectivity index (χ3v) is 5.21. The highest BCUT2D eigenvalue weighted by molar-refractivity contribution is 7.85. The van der Waals surface area contributed by atoms with Gasteiger partial charge in [0.15, 0.2) is 0 Å². The number of carbonyl (C=O) groups is 1. The lowest BCUT2D eigenvalue weighted by atomic mass is 10.1. The first-order valence-electron chi connectivity index (χ1n) is 7.37. The number of carbonyl (C=O) groups excluding carboxylic acids is 1. The second-order valence-corrected chi connectivity index (χ2v) is 6.96. The van der Waals surface area contributed by atoms with Crippen LogP contribution in [0.2, 0.25) is 0 Å². The lowest BCUT2D eigenvalue weighted by Crippen LogP contribution is -2.29. The molecule has 1 saturated carbocycles. The van der Waals surface area contributed by atoms with E-state index in [0.717, 1.165) is 16.9 Å². The summed E-state index contributed by atoms with van der Waals surface area (Å²) in [6, 6.07) is 13.2. The summed E-state index contributed by atoms with van der Waals surface area (Å²) in [7, 11) is -1.06. The summed E-state index contributed by atoms with van der Waals surface area (Å²) in [5.41, 5.74) is 1.12. The normalized spacial score (nSPS) is 21.1. The highest BCUT2D eigenvalue weighted by Gasteiger charge is 2.43. The van der Waals surface area contributed by atoms with E-state index in [1.54, 1.807) is 6.20 Å². The van der Waals surface area contributed by atoms with Gasteiger partial charge < -0.3 is 5.32 Å². The van der Waals surface area contributed by atoms with Gasteiger partial charge in [-0.3, -0.25) is 14.0 Å². The number of pyridine rings is 1. The van der Waals surface area contributed by atoms with Crippen molar-refractivity contribution in [2.45, 2.75) is 17.2 Å². The number of hydrogen-bond acceptors (Lipinski definition) is 3. The van der Waals surface area contributed by atoms with Gasteiger partial charge in [0.1, 0.15) is 0 Å². The molecule has 114 valence electrons. The molecule has 0 spiro atoms. The van der Waals surface area contributed by atoms with Gasteiger partial charge in [-0.1, -0.05) is 24.3 Å². The van der Waals surface area contributed by atoms with Crippen molar-refractivity contribution in [1.29, 1.82) is 0 Å². The molecule has 0 radical (unpaired) electrons. The summed E-state index contributed by atoms with van der Waals surface area (Å²) >= 11 is 0. The molecule has 1 aliphatic rings. The summed E-state index contributed by atoms with van der Waals surface area (Å²) in [6.07, 6.45) is 4.43. The molecule has 1 amide bonds. The molecule has 0 saturated heterocycles. The predicted molar refractivity (Wildman–Crippen MR) is 85.8 cm³/mol. The molecule has 1 aromatic heterocycles. The lowest BCUT2D eigenvalue weighted by molar-refractivity contribution is -0.122. The quantitative estimate of drug-likeness (QED) is 0.888. The number of aromatic nitrogens is 1. The van der Waals surface area contributed by atoms with Crippen LogP contribution in [0.15, 0.2) is 59.8 Å². The number of rotatable bonds is 6. The average Bonchev–Trinajstić information content (AvgIpc) is 3.37. The Morgan fingerprint density at radius 1 is 1.23 bits per heavy atom. The van der Waals surface area contributed by atoms with Gasteiger partial charge in [0.2, 0.25) is 5.91 Å². The Kier molecular flexibility index (Phi) is 4.63. The zero-order valence-corrected chi connectivity index (χ0v) is 13.0. The van der Waals surface area contributed by atoms with Crippen LogP contribution in [0.5, 0.6) is 0 Å². The first-order valence-corrected chi connectivity index (χ1v) is 8.68. The smallest absolute Gasteiger partial charge is 0.223 e. The minimum Gasteiger partial charge on any atom is -0.355 e. The Morgan fingerprint density at radius 2 is 2.05 bits per heavy atom. The van der Waals surface area contributed by atoms with E-state index in [1.165, 1.54) is 0 Å². The molecule has 1 aromatic carbocycles. The van der Waals surface area contributed by atoms with Crippen LogP contribution in [0.25, 0.3) is 0 Å². The van der Waals surface area contributed by atoms with E-state index in [-0.39, 0.29) is 17.7 Å². The molecular formula is C17H18N2O2S. The van der Waals surface area contributed by atoms with Crippen molar-refractivity contribution < 1.29 is 9.00 Å². The topological polar surface area (TPSA) is 59.1 Å².